The quantitative estimate of drug-likeness (QED) is 0.818. The highest BCUT2D eigenvalue weighted by Gasteiger charge is 2.21. The third kappa shape index (κ3) is 2.76. The minimum absolute atomic E-state index is 0.0874. The van der Waals surface area contributed by atoms with Crippen molar-refractivity contribution in [2.45, 2.75) is 25.7 Å². The summed E-state index contributed by atoms with van der Waals surface area (Å²) in [5, 5.41) is 4.35. The lowest BCUT2D eigenvalue weighted by molar-refractivity contribution is 0.0957. The Labute approximate surface area is 127 Å². The van der Waals surface area contributed by atoms with E-state index in [-0.39, 0.29) is 5.91 Å². The summed E-state index contributed by atoms with van der Waals surface area (Å²) in [6, 6.07) is 5.61. The van der Waals surface area contributed by atoms with Crippen LogP contribution in [0.5, 0.6) is 0 Å². The topological polar surface area (TPSA) is 55.1 Å². The van der Waals surface area contributed by atoms with Crippen molar-refractivity contribution in [1.29, 1.82) is 0 Å². The maximum absolute atomic E-state index is 12.2. The van der Waals surface area contributed by atoms with Crippen LogP contribution in [0.1, 0.15) is 35.4 Å². The zero-order chi connectivity index (χ0) is 14.1. The summed E-state index contributed by atoms with van der Waals surface area (Å²) in [6.07, 6.45) is 4.97. The first-order valence-corrected chi connectivity index (χ1v) is 8.11. The van der Waals surface area contributed by atoms with E-state index in [0.29, 0.717) is 15.6 Å². The van der Waals surface area contributed by atoms with Gasteiger partial charge in [0.05, 0.1) is 10.7 Å². The molecule has 1 aromatic carbocycles. The number of anilines is 1. The number of hydrogen-bond donors (Lipinski definition) is 2. The van der Waals surface area contributed by atoms with Crippen molar-refractivity contribution in [3.05, 3.63) is 28.1 Å². The van der Waals surface area contributed by atoms with Crippen LogP contribution in [-0.2, 0) is 0 Å². The fourth-order valence-corrected chi connectivity index (χ4v) is 3.78. The lowest BCUT2D eigenvalue weighted by Gasteiger charge is -2.04. The van der Waals surface area contributed by atoms with E-state index in [0.717, 1.165) is 29.0 Å². The molecule has 0 aliphatic heterocycles. The molecular weight excluding hydrogens is 292 g/mol. The van der Waals surface area contributed by atoms with E-state index >= 15 is 0 Å². The van der Waals surface area contributed by atoms with Gasteiger partial charge in [-0.05, 0) is 30.9 Å². The molecule has 2 aromatic rings. The monoisotopic (exact) mass is 308 g/mol. The molecule has 3 N–H and O–H groups in total. The number of halogens is 1. The van der Waals surface area contributed by atoms with Crippen molar-refractivity contribution in [2.75, 3.05) is 12.3 Å². The predicted molar refractivity (Wildman–Crippen MR) is 85.5 cm³/mol. The third-order valence-corrected chi connectivity index (χ3v) is 5.16. The molecule has 1 amide bonds. The molecule has 0 bridgehead atoms. The van der Waals surface area contributed by atoms with Crippen molar-refractivity contribution in [3.63, 3.8) is 0 Å². The van der Waals surface area contributed by atoms with Gasteiger partial charge in [-0.1, -0.05) is 30.5 Å². The molecule has 1 aromatic heterocycles. The summed E-state index contributed by atoms with van der Waals surface area (Å²) in [5.41, 5.74) is 6.56. The smallest absolute Gasteiger partial charge is 0.263 e. The average Bonchev–Trinajstić information content (AvgIpc) is 3.18. The predicted octanol–water partition coefficient (Wildman–Crippen LogP) is 4.06. The molecule has 1 saturated carbocycles. The largest absolute Gasteiger partial charge is 0.397 e. The van der Waals surface area contributed by atoms with Gasteiger partial charge in [0.1, 0.15) is 4.88 Å². The normalized spacial score (nSPS) is 14.7. The molecule has 5 heteroatoms. The zero-order valence-corrected chi connectivity index (χ0v) is 12.7. The van der Waals surface area contributed by atoms with Gasteiger partial charge < -0.3 is 11.1 Å². The molecule has 0 atom stereocenters. The maximum Gasteiger partial charge on any atom is 0.263 e. The van der Waals surface area contributed by atoms with Crippen LogP contribution in [0, 0.1) is 5.92 Å². The van der Waals surface area contributed by atoms with E-state index in [9.17, 15) is 4.79 Å². The number of amides is 1. The zero-order valence-electron chi connectivity index (χ0n) is 11.1. The molecule has 3 rings (SSSR count). The molecule has 3 nitrogen and oxygen atoms in total. The van der Waals surface area contributed by atoms with Crippen molar-refractivity contribution in [3.8, 4) is 0 Å². The Hall–Kier alpha value is -1.26. The molecule has 1 heterocycles. The van der Waals surface area contributed by atoms with E-state index in [1.165, 1.54) is 30.6 Å². The van der Waals surface area contributed by atoms with Crippen LogP contribution in [0.2, 0.25) is 5.02 Å². The van der Waals surface area contributed by atoms with Crippen LogP contribution in [-0.4, -0.2) is 12.5 Å². The summed E-state index contributed by atoms with van der Waals surface area (Å²) < 4.78 is 0.957. The van der Waals surface area contributed by atoms with E-state index in [2.05, 4.69) is 5.32 Å². The third-order valence-electron chi connectivity index (χ3n) is 3.68. The Bertz CT molecular complexity index is 649. The second kappa shape index (κ2) is 5.62. The summed E-state index contributed by atoms with van der Waals surface area (Å²) >= 11 is 7.55. The van der Waals surface area contributed by atoms with Crippen LogP contribution in [0.3, 0.4) is 0 Å². The molecule has 106 valence electrons. The summed E-state index contributed by atoms with van der Waals surface area (Å²) in [5.74, 6) is 0.815. The van der Waals surface area contributed by atoms with E-state index in [1.54, 1.807) is 6.07 Å². The number of benzene rings is 1. The molecule has 1 fully saturated rings. The van der Waals surface area contributed by atoms with E-state index in [4.69, 9.17) is 17.3 Å². The summed E-state index contributed by atoms with van der Waals surface area (Å²) in [6.45, 7) is 0.719. The SMILES string of the molecule is Nc1c(C(=O)NCCCC2CC2)sc2cccc(Cl)c12. The molecular formula is C15H17ClN2OS. The van der Waals surface area contributed by atoms with Gasteiger partial charge in [-0.25, -0.2) is 0 Å². The highest BCUT2D eigenvalue weighted by atomic mass is 35.5. The average molecular weight is 309 g/mol. The number of nitrogens with two attached hydrogens (primary N) is 1. The van der Waals surface area contributed by atoms with Gasteiger partial charge in [-0.2, -0.15) is 0 Å². The number of hydrogen-bond acceptors (Lipinski definition) is 3. The molecule has 1 aliphatic carbocycles. The molecule has 0 spiro atoms. The Morgan fingerprint density at radius 3 is 2.95 bits per heavy atom. The van der Waals surface area contributed by atoms with Gasteiger partial charge in [0.25, 0.3) is 5.91 Å². The lowest BCUT2D eigenvalue weighted by Crippen LogP contribution is -2.24. The standard InChI is InChI=1S/C15H17ClN2OS/c16-10-4-1-5-11-12(10)13(17)14(20-11)15(19)18-8-2-3-9-6-7-9/h1,4-5,9H,2-3,6-8,17H2,(H,18,19). The second-order valence-corrected chi connectivity index (χ2v) is 6.76. The Kier molecular flexibility index (Phi) is 3.85. The van der Waals surface area contributed by atoms with Crippen LogP contribution >= 0.6 is 22.9 Å². The van der Waals surface area contributed by atoms with E-state index < -0.39 is 0 Å². The molecule has 0 unspecified atom stereocenters. The van der Waals surface area contributed by atoms with Crippen molar-refractivity contribution >= 4 is 44.6 Å². The van der Waals surface area contributed by atoms with Gasteiger partial charge in [-0.3, -0.25) is 4.79 Å². The van der Waals surface area contributed by atoms with Gasteiger partial charge in [0, 0.05) is 16.6 Å². The second-order valence-electron chi connectivity index (χ2n) is 5.30. The first kappa shape index (κ1) is 13.7. The van der Waals surface area contributed by atoms with Crippen LogP contribution < -0.4 is 11.1 Å². The Balaban J connectivity index is 1.70. The molecule has 0 saturated heterocycles. The van der Waals surface area contributed by atoms with E-state index in [1.807, 2.05) is 12.1 Å². The van der Waals surface area contributed by atoms with Gasteiger partial charge in [0.15, 0.2) is 0 Å². The van der Waals surface area contributed by atoms with Crippen molar-refractivity contribution in [2.24, 2.45) is 5.92 Å². The summed E-state index contributed by atoms with van der Waals surface area (Å²) in [4.78, 5) is 12.8. The van der Waals surface area contributed by atoms with Gasteiger partial charge in [-0.15, -0.1) is 11.3 Å². The van der Waals surface area contributed by atoms with Gasteiger partial charge >= 0.3 is 0 Å². The number of nitrogen functional groups attached to an aromatic ring is 1. The highest BCUT2D eigenvalue weighted by Crippen LogP contribution is 2.38. The maximum atomic E-state index is 12.2. The lowest BCUT2D eigenvalue weighted by atomic mass is 10.2. The highest BCUT2D eigenvalue weighted by molar-refractivity contribution is 7.21. The molecule has 1 aliphatic rings. The summed E-state index contributed by atoms with van der Waals surface area (Å²) in [7, 11) is 0. The number of carbonyl (C=O) groups excluding carboxylic acids is 1. The van der Waals surface area contributed by atoms with Crippen LogP contribution in [0.25, 0.3) is 10.1 Å². The number of nitrogens with one attached hydrogen (secondary N) is 1. The van der Waals surface area contributed by atoms with Crippen LogP contribution in [0.15, 0.2) is 18.2 Å². The van der Waals surface area contributed by atoms with Crippen molar-refractivity contribution in [1.82, 2.24) is 5.32 Å². The Morgan fingerprint density at radius 1 is 1.45 bits per heavy atom. The number of thiophene rings is 1. The first-order chi connectivity index (χ1) is 9.66. The molecule has 0 radical (unpaired) electrons. The number of rotatable bonds is 5. The minimum Gasteiger partial charge on any atom is -0.397 e. The number of fused-ring (bicyclic) bond motifs is 1. The first-order valence-electron chi connectivity index (χ1n) is 6.91. The fourth-order valence-electron chi connectivity index (χ4n) is 2.38. The van der Waals surface area contributed by atoms with Crippen molar-refractivity contribution < 1.29 is 4.79 Å². The fraction of sp³-hybridized carbons (Fsp3) is 0.400. The van der Waals surface area contributed by atoms with Crippen LogP contribution in [0.4, 0.5) is 5.69 Å². The Morgan fingerprint density at radius 2 is 2.25 bits per heavy atom. The van der Waals surface area contributed by atoms with Gasteiger partial charge in [0.2, 0.25) is 0 Å². The minimum atomic E-state index is -0.0874. The number of carbonyl (C=O) groups is 1. The molecule has 20 heavy (non-hydrogen) atoms.